The monoisotopic (exact) mass is 361 g/mol. The summed E-state index contributed by atoms with van der Waals surface area (Å²) in [5, 5.41) is 3.59. The van der Waals surface area contributed by atoms with Gasteiger partial charge in [0.15, 0.2) is 5.12 Å². The summed E-state index contributed by atoms with van der Waals surface area (Å²) in [7, 11) is 0. The molecule has 3 saturated carbocycles. The average molecular weight is 362 g/mol. The Balaban J connectivity index is 1.49. The fourth-order valence-corrected chi connectivity index (χ4v) is 7.91. The van der Waals surface area contributed by atoms with Crippen LogP contribution in [0.1, 0.15) is 44.9 Å². The lowest BCUT2D eigenvalue weighted by molar-refractivity contribution is -0.122. The number of carbonyl (C=O) groups excluding carboxylic acids is 1. The Bertz CT molecular complexity index is 644. The third-order valence-electron chi connectivity index (χ3n) is 8.12. The lowest BCUT2D eigenvalue weighted by atomic mass is 9.58. The summed E-state index contributed by atoms with van der Waals surface area (Å²) in [6.45, 7) is 1.71. The number of fused-ring (bicyclic) bond motifs is 7. The van der Waals surface area contributed by atoms with Crippen molar-refractivity contribution in [2.75, 3.05) is 19.1 Å². The molecule has 136 valence electrons. The van der Waals surface area contributed by atoms with Crippen molar-refractivity contribution in [3.63, 3.8) is 0 Å². The van der Waals surface area contributed by atoms with E-state index in [2.05, 4.69) is 17.5 Å². The van der Waals surface area contributed by atoms with Crippen LogP contribution < -0.4 is 5.32 Å². The molecule has 6 atom stereocenters. The third kappa shape index (κ3) is 2.29. The molecule has 0 aromatic rings. The molecule has 25 heavy (non-hydrogen) atoms. The highest BCUT2D eigenvalue weighted by molar-refractivity contribution is 8.13. The van der Waals surface area contributed by atoms with Crippen LogP contribution in [-0.2, 0) is 4.79 Å². The maximum absolute atomic E-state index is 12.9. The van der Waals surface area contributed by atoms with Crippen molar-refractivity contribution >= 4 is 16.9 Å². The molecule has 0 amide bonds. The molecule has 6 unspecified atom stereocenters. The minimum Gasteiger partial charge on any atom is -0.315 e. The number of rotatable bonds is 2. The second-order valence-electron chi connectivity index (χ2n) is 8.80. The van der Waals surface area contributed by atoms with Crippen LogP contribution >= 0.6 is 11.8 Å². The van der Waals surface area contributed by atoms with Gasteiger partial charge >= 0.3 is 0 Å². The van der Waals surface area contributed by atoms with Crippen molar-refractivity contribution in [2.45, 2.75) is 44.9 Å². The van der Waals surface area contributed by atoms with Gasteiger partial charge in [-0.05, 0) is 74.7 Å². The van der Waals surface area contributed by atoms with Crippen LogP contribution in [-0.4, -0.2) is 24.2 Å². The van der Waals surface area contributed by atoms with Crippen molar-refractivity contribution in [1.82, 2.24) is 5.32 Å². The first-order valence-electron chi connectivity index (χ1n) is 10.1. The quantitative estimate of drug-likeness (QED) is 0.786. The maximum atomic E-state index is 12.9. The number of allylic oxidation sites excluding steroid dienone is 4. The largest absolute Gasteiger partial charge is 0.315 e. The Morgan fingerprint density at radius 2 is 2.12 bits per heavy atom. The molecule has 2 nitrogen and oxygen atoms in total. The molecule has 5 aliphatic rings. The van der Waals surface area contributed by atoms with Crippen LogP contribution in [0.15, 0.2) is 23.3 Å². The molecule has 1 aliphatic heterocycles. The first-order valence-corrected chi connectivity index (χ1v) is 11.1. The summed E-state index contributed by atoms with van der Waals surface area (Å²) < 4.78 is 12.9. The summed E-state index contributed by atoms with van der Waals surface area (Å²) in [5.41, 5.74) is 3.04. The highest BCUT2D eigenvalue weighted by Gasteiger charge is 2.63. The molecule has 0 radical (unpaired) electrons. The van der Waals surface area contributed by atoms with Gasteiger partial charge < -0.3 is 5.32 Å². The number of thioether (sulfide) groups is 1. The minimum absolute atomic E-state index is 0.126. The van der Waals surface area contributed by atoms with E-state index in [0.29, 0.717) is 17.8 Å². The fourth-order valence-electron chi connectivity index (χ4n) is 7.15. The number of hydrogen-bond acceptors (Lipinski definition) is 3. The average Bonchev–Trinajstić information content (AvgIpc) is 3.19. The molecular weight excluding hydrogens is 333 g/mol. The number of hydrogen-bond donors (Lipinski definition) is 1. The molecule has 1 saturated heterocycles. The van der Waals surface area contributed by atoms with Crippen LogP contribution in [0.3, 0.4) is 0 Å². The van der Waals surface area contributed by atoms with Crippen LogP contribution in [0.25, 0.3) is 0 Å². The Kier molecular flexibility index (Phi) is 4.12. The predicted molar refractivity (Wildman–Crippen MR) is 99.8 cm³/mol. The summed E-state index contributed by atoms with van der Waals surface area (Å²) >= 11 is 0.922. The van der Waals surface area contributed by atoms with Crippen molar-refractivity contribution < 1.29 is 9.18 Å². The second-order valence-corrected chi connectivity index (χ2v) is 9.68. The number of nitrogens with one attached hydrogen (secondary N) is 1. The van der Waals surface area contributed by atoms with E-state index in [4.69, 9.17) is 0 Å². The molecule has 0 aromatic carbocycles. The predicted octanol–water partition coefficient (Wildman–Crippen LogP) is 4.48. The van der Waals surface area contributed by atoms with Gasteiger partial charge in [-0.25, -0.2) is 4.39 Å². The van der Waals surface area contributed by atoms with Crippen LogP contribution in [0, 0.1) is 35.0 Å². The first-order chi connectivity index (χ1) is 12.3. The smallest absolute Gasteiger partial charge is 0.199 e. The third-order valence-corrected chi connectivity index (χ3v) is 8.87. The zero-order valence-electron chi connectivity index (χ0n) is 14.8. The lowest BCUT2D eigenvalue weighted by Crippen LogP contribution is -2.44. The normalized spacial score (nSPS) is 44.9. The summed E-state index contributed by atoms with van der Waals surface area (Å²) in [6, 6.07) is -0.579. The molecule has 0 spiro atoms. The Morgan fingerprint density at radius 1 is 1.20 bits per heavy atom. The molecule has 5 rings (SSSR count). The van der Waals surface area contributed by atoms with Crippen LogP contribution in [0.5, 0.6) is 0 Å². The zero-order valence-corrected chi connectivity index (χ0v) is 15.6. The van der Waals surface area contributed by atoms with E-state index >= 15 is 0 Å². The zero-order chi connectivity index (χ0) is 17.0. The Morgan fingerprint density at radius 3 is 3.00 bits per heavy atom. The number of carbonyl (C=O) groups is 1. The SMILES string of the molecule is O=C(SCF)C12CNCC1CC1C3=CC=C4CCCCC4C3CCC12. The van der Waals surface area contributed by atoms with Gasteiger partial charge in [-0.15, -0.1) is 0 Å². The van der Waals surface area contributed by atoms with Crippen molar-refractivity contribution in [3.8, 4) is 0 Å². The van der Waals surface area contributed by atoms with E-state index in [9.17, 15) is 9.18 Å². The van der Waals surface area contributed by atoms with E-state index < -0.39 is 6.01 Å². The van der Waals surface area contributed by atoms with Gasteiger partial charge in [0.25, 0.3) is 0 Å². The van der Waals surface area contributed by atoms with Crippen molar-refractivity contribution in [2.24, 2.45) is 35.0 Å². The van der Waals surface area contributed by atoms with Crippen LogP contribution in [0.4, 0.5) is 4.39 Å². The van der Waals surface area contributed by atoms with Gasteiger partial charge in [-0.1, -0.05) is 41.5 Å². The highest BCUT2D eigenvalue weighted by Crippen LogP contribution is 2.63. The summed E-state index contributed by atoms with van der Waals surface area (Å²) in [4.78, 5) is 12.9. The van der Waals surface area contributed by atoms with Gasteiger partial charge in [0.2, 0.25) is 0 Å². The summed E-state index contributed by atoms with van der Waals surface area (Å²) in [6.07, 6.45) is 13.8. The maximum Gasteiger partial charge on any atom is 0.199 e. The minimum atomic E-state index is -0.579. The van der Waals surface area contributed by atoms with Crippen molar-refractivity contribution in [1.29, 1.82) is 0 Å². The molecule has 4 heteroatoms. The van der Waals surface area contributed by atoms with E-state index in [-0.39, 0.29) is 10.5 Å². The molecular formula is C21H28FNOS. The molecule has 4 aliphatic carbocycles. The van der Waals surface area contributed by atoms with Gasteiger partial charge in [-0.2, -0.15) is 0 Å². The van der Waals surface area contributed by atoms with Gasteiger partial charge in [0.1, 0.15) is 6.01 Å². The van der Waals surface area contributed by atoms with Crippen LogP contribution in [0.2, 0.25) is 0 Å². The number of alkyl halides is 1. The fraction of sp³-hybridized carbons (Fsp3) is 0.762. The number of halogens is 1. The first kappa shape index (κ1) is 16.6. The van der Waals surface area contributed by atoms with Gasteiger partial charge in [-0.3, -0.25) is 4.79 Å². The Hall–Kier alpha value is -0.610. The molecule has 4 fully saturated rings. The highest BCUT2D eigenvalue weighted by atomic mass is 32.2. The lowest BCUT2D eigenvalue weighted by Gasteiger charge is -2.46. The Labute approximate surface area is 154 Å². The van der Waals surface area contributed by atoms with E-state index in [0.717, 1.165) is 49.5 Å². The van der Waals surface area contributed by atoms with E-state index in [1.54, 1.807) is 11.1 Å². The summed E-state index contributed by atoms with van der Waals surface area (Å²) in [5.74, 6) is 2.91. The van der Waals surface area contributed by atoms with E-state index in [1.807, 2.05) is 0 Å². The van der Waals surface area contributed by atoms with Gasteiger partial charge in [0, 0.05) is 6.54 Å². The van der Waals surface area contributed by atoms with Crippen molar-refractivity contribution in [3.05, 3.63) is 23.3 Å². The molecule has 1 N–H and O–H groups in total. The van der Waals surface area contributed by atoms with E-state index in [1.165, 1.54) is 32.1 Å². The van der Waals surface area contributed by atoms with Gasteiger partial charge in [0.05, 0.1) is 5.41 Å². The second kappa shape index (κ2) is 6.23. The topological polar surface area (TPSA) is 29.1 Å². The molecule has 1 heterocycles. The molecule has 0 bridgehead atoms. The molecule has 0 aromatic heterocycles. The standard InChI is InChI=1S/C21H28FNOS/c22-12-25-20(24)21-11-23-10-14(21)9-18-17-6-5-13-3-1-2-4-15(13)16(17)7-8-19(18)21/h5-6,14-16,18-19,23H,1-4,7-12H2.